The number of rotatable bonds is 4. The van der Waals surface area contributed by atoms with E-state index in [2.05, 4.69) is 10.3 Å². The Morgan fingerprint density at radius 1 is 1.53 bits per heavy atom. The molecule has 0 saturated heterocycles. The molecule has 0 aliphatic rings. The number of carbonyl (C=O) groups excluding carboxylic acids is 1. The summed E-state index contributed by atoms with van der Waals surface area (Å²) in [5.41, 5.74) is 7.48. The smallest absolute Gasteiger partial charge is 0.275 e. The Balaban J connectivity index is 2.11. The quantitative estimate of drug-likeness (QED) is 0.911. The number of halogens is 1. The number of amides is 1. The SMILES string of the molecule is Cc1ccc(NC(=O)c2csc(CCN)n2)c(Cl)c1. The lowest BCUT2D eigenvalue weighted by atomic mass is 10.2. The maximum absolute atomic E-state index is 12.0. The van der Waals surface area contributed by atoms with Gasteiger partial charge in [0.2, 0.25) is 0 Å². The third-order valence-electron chi connectivity index (χ3n) is 2.52. The lowest BCUT2D eigenvalue weighted by Crippen LogP contribution is -2.13. The molecule has 3 N–H and O–H groups in total. The van der Waals surface area contributed by atoms with Crippen LogP contribution < -0.4 is 11.1 Å². The van der Waals surface area contributed by atoms with E-state index >= 15 is 0 Å². The van der Waals surface area contributed by atoms with Crippen LogP contribution in [0.5, 0.6) is 0 Å². The van der Waals surface area contributed by atoms with Crippen molar-refractivity contribution in [3.05, 3.63) is 44.9 Å². The second-order valence-electron chi connectivity index (χ2n) is 4.10. The molecular weight excluding hydrogens is 282 g/mol. The number of benzene rings is 1. The molecule has 0 atom stereocenters. The van der Waals surface area contributed by atoms with Crippen molar-refractivity contribution in [2.24, 2.45) is 5.73 Å². The van der Waals surface area contributed by atoms with Gasteiger partial charge in [0.25, 0.3) is 5.91 Å². The van der Waals surface area contributed by atoms with Gasteiger partial charge in [0.15, 0.2) is 0 Å². The van der Waals surface area contributed by atoms with E-state index in [4.69, 9.17) is 17.3 Å². The second-order valence-corrected chi connectivity index (χ2v) is 5.45. The number of carbonyl (C=O) groups is 1. The van der Waals surface area contributed by atoms with Gasteiger partial charge >= 0.3 is 0 Å². The van der Waals surface area contributed by atoms with E-state index < -0.39 is 0 Å². The van der Waals surface area contributed by atoms with Gasteiger partial charge in [0.1, 0.15) is 5.69 Å². The van der Waals surface area contributed by atoms with Gasteiger partial charge in [-0.2, -0.15) is 0 Å². The van der Waals surface area contributed by atoms with Crippen molar-refractivity contribution in [2.75, 3.05) is 11.9 Å². The topological polar surface area (TPSA) is 68.0 Å². The zero-order chi connectivity index (χ0) is 13.8. The minimum absolute atomic E-state index is 0.259. The molecule has 0 fully saturated rings. The van der Waals surface area contributed by atoms with E-state index in [0.29, 0.717) is 29.4 Å². The highest BCUT2D eigenvalue weighted by Gasteiger charge is 2.12. The van der Waals surface area contributed by atoms with Gasteiger partial charge in [-0.05, 0) is 31.2 Å². The lowest BCUT2D eigenvalue weighted by Gasteiger charge is -2.06. The molecule has 0 aliphatic carbocycles. The predicted molar refractivity (Wildman–Crippen MR) is 79.0 cm³/mol. The van der Waals surface area contributed by atoms with Crippen molar-refractivity contribution in [3.63, 3.8) is 0 Å². The molecule has 1 aromatic carbocycles. The molecule has 0 saturated carbocycles. The van der Waals surface area contributed by atoms with E-state index in [1.54, 1.807) is 17.5 Å². The highest BCUT2D eigenvalue weighted by Crippen LogP contribution is 2.23. The van der Waals surface area contributed by atoms with Crippen molar-refractivity contribution >= 4 is 34.5 Å². The summed E-state index contributed by atoms with van der Waals surface area (Å²) >= 11 is 7.50. The maximum atomic E-state index is 12.0. The van der Waals surface area contributed by atoms with Crippen LogP contribution in [0.3, 0.4) is 0 Å². The van der Waals surface area contributed by atoms with Crippen molar-refractivity contribution in [3.8, 4) is 0 Å². The van der Waals surface area contributed by atoms with Gasteiger partial charge in [-0.1, -0.05) is 17.7 Å². The fourth-order valence-electron chi connectivity index (χ4n) is 1.56. The molecule has 19 heavy (non-hydrogen) atoms. The summed E-state index contributed by atoms with van der Waals surface area (Å²) in [7, 11) is 0. The molecule has 0 radical (unpaired) electrons. The van der Waals surface area contributed by atoms with Crippen molar-refractivity contribution in [1.29, 1.82) is 0 Å². The normalized spacial score (nSPS) is 10.5. The van der Waals surface area contributed by atoms with Crippen LogP contribution in [0.2, 0.25) is 5.02 Å². The van der Waals surface area contributed by atoms with Gasteiger partial charge in [0, 0.05) is 11.8 Å². The molecule has 0 bridgehead atoms. The van der Waals surface area contributed by atoms with E-state index in [1.807, 2.05) is 13.0 Å². The highest BCUT2D eigenvalue weighted by atomic mass is 35.5. The zero-order valence-electron chi connectivity index (χ0n) is 10.4. The standard InChI is InChI=1S/C13H14ClN3OS/c1-8-2-3-10(9(14)6-8)17-13(18)11-7-19-12(16-11)4-5-15/h2-3,6-7H,4-5,15H2,1H3,(H,17,18). The molecule has 0 aliphatic heterocycles. The number of hydrogen-bond donors (Lipinski definition) is 2. The van der Waals surface area contributed by atoms with Crippen LogP contribution in [0.4, 0.5) is 5.69 Å². The molecule has 1 heterocycles. The molecule has 2 aromatic rings. The first-order valence-corrected chi connectivity index (χ1v) is 7.08. The minimum atomic E-state index is -0.259. The number of nitrogens with zero attached hydrogens (tertiary/aromatic N) is 1. The fourth-order valence-corrected chi connectivity index (χ4v) is 2.64. The number of thiazole rings is 1. The van der Waals surface area contributed by atoms with E-state index in [0.717, 1.165) is 10.6 Å². The average molecular weight is 296 g/mol. The Bertz CT molecular complexity index is 597. The average Bonchev–Trinajstić information content (AvgIpc) is 2.82. The summed E-state index contributed by atoms with van der Waals surface area (Å²) in [5.74, 6) is -0.259. The van der Waals surface area contributed by atoms with E-state index in [-0.39, 0.29) is 5.91 Å². The third-order valence-corrected chi connectivity index (χ3v) is 3.74. The van der Waals surface area contributed by atoms with Crippen LogP contribution in [0.1, 0.15) is 21.1 Å². The first-order chi connectivity index (χ1) is 9.10. The largest absolute Gasteiger partial charge is 0.330 e. The minimum Gasteiger partial charge on any atom is -0.330 e. The van der Waals surface area contributed by atoms with Gasteiger partial charge < -0.3 is 11.1 Å². The number of nitrogens with one attached hydrogen (secondary N) is 1. The van der Waals surface area contributed by atoms with Crippen LogP contribution in [0.25, 0.3) is 0 Å². The molecule has 0 spiro atoms. The van der Waals surface area contributed by atoms with Crippen molar-refractivity contribution in [1.82, 2.24) is 4.98 Å². The fraction of sp³-hybridized carbons (Fsp3) is 0.231. The Morgan fingerprint density at radius 3 is 3.00 bits per heavy atom. The summed E-state index contributed by atoms with van der Waals surface area (Å²) in [6.45, 7) is 2.47. The van der Waals surface area contributed by atoms with Crippen LogP contribution >= 0.6 is 22.9 Å². The van der Waals surface area contributed by atoms with Gasteiger partial charge in [-0.25, -0.2) is 4.98 Å². The summed E-state index contributed by atoms with van der Waals surface area (Å²) in [6.07, 6.45) is 0.684. The van der Waals surface area contributed by atoms with Gasteiger partial charge in [-0.3, -0.25) is 4.79 Å². The highest BCUT2D eigenvalue weighted by molar-refractivity contribution is 7.09. The molecular formula is C13H14ClN3OS. The zero-order valence-corrected chi connectivity index (χ0v) is 12.0. The summed E-state index contributed by atoms with van der Waals surface area (Å²) in [6, 6.07) is 5.48. The van der Waals surface area contributed by atoms with E-state index in [9.17, 15) is 4.79 Å². The first kappa shape index (κ1) is 14.0. The molecule has 4 nitrogen and oxygen atoms in total. The number of hydrogen-bond acceptors (Lipinski definition) is 4. The Hall–Kier alpha value is -1.43. The van der Waals surface area contributed by atoms with Crippen LogP contribution in [0.15, 0.2) is 23.6 Å². The number of nitrogens with two attached hydrogens (primary N) is 1. The Morgan fingerprint density at radius 2 is 2.32 bits per heavy atom. The molecule has 6 heteroatoms. The monoisotopic (exact) mass is 295 g/mol. The summed E-state index contributed by atoms with van der Waals surface area (Å²) in [5, 5.41) is 5.86. The van der Waals surface area contributed by atoms with Crippen molar-refractivity contribution < 1.29 is 4.79 Å². The van der Waals surface area contributed by atoms with Gasteiger partial charge in [-0.15, -0.1) is 11.3 Å². The molecule has 1 aromatic heterocycles. The van der Waals surface area contributed by atoms with Crippen molar-refractivity contribution in [2.45, 2.75) is 13.3 Å². The maximum Gasteiger partial charge on any atom is 0.275 e. The number of aromatic nitrogens is 1. The number of aryl methyl sites for hydroxylation is 1. The second kappa shape index (κ2) is 6.14. The van der Waals surface area contributed by atoms with Gasteiger partial charge in [0.05, 0.1) is 15.7 Å². The number of anilines is 1. The molecule has 2 rings (SSSR count). The van der Waals surface area contributed by atoms with Crippen LogP contribution in [0, 0.1) is 6.92 Å². The third kappa shape index (κ3) is 3.53. The Kier molecular flexibility index (Phi) is 4.52. The predicted octanol–water partition coefficient (Wildman–Crippen LogP) is 2.86. The summed E-state index contributed by atoms with van der Waals surface area (Å²) in [4.78, 5) is 16.2. The molecule has 0 unspecified atom stereocenters. The Labute approximate surface area is 120 Å². The van der Waals surface area contributed by atoms with Crippen LogP contribution in [-0.2, 0) is 6.42 Å². The first-order valence-electron chi connectivity index (χ1n) is 5.82. The molecule has 100 valence electrons. The molecule has 1 amide bonds. The summed E-state index contributed by atoms with van der Waals surface area (Å²) < 4.78 is 0. The van der Waals surface area contributed by atoms with E-state index in [1.165, 1.54) is 11.3 Å². The lowest BCUT2D eigenvalue weighted by molar-refractivity contribution is 0.102. The van der Waals surface area contributed by atoms with Crippen LogP contribution in [-0.4, -0.2) is 17.4 Å².